The minimum atomic E-state index is -0.585. The monoisotopic (exact) mass is 475 g/mol. The molecule has 2 aromatic rings. The number of amides is 1. The van der Waals surface area contributed by atoms with Gasteiger partial charge in [0, 0.05) is 25.2 Å². The lowest BCUT2D eigenvalue weighted by atomic mass is 9.81. The van der Waals surface area contributed by atoms with Gasteiger partial charge in [-0.2, -0.15) is 5.10 Å². The Morgan fingerprint density at radius 1 is 1.27 bits per heavy atom. The van der Waals surface area contributed by atoms with Gasteiger partial charge in [0.1, 0.15) is 17.5 Å². The summed E-state index contributed by atoms with van der Waals surface area (Å²) in [6, 6.07) is 1.98. The van der Waals surface area contributed by atoms with E-state index in [4.69, 9.17) is 26.1 Å². The molecule has 0 radical (unpaired) electrons. The van der Waals surface area contributed by atoms with Crippen LogP contribution >= 0.6 is 11.6 Å². The van der Waals surface area contributed by atoms with Crippen LogP contribution in [0.25, 0.3) is 0 Å². The van der Waals surface area contributed by atoms with Gasteiger partial charge in [0.2, 0.25) is 0 Å². The normalized spacial score (nSPS) is 20.2. The smallest absolute Gasteiger partial charge is 0.410 e. The molecule has 0 saturated carbocycles. The first kappa shape index (κ1) is 24.0. The SMILES string of the molecule is CCn1cnc(C(C)(C)C2OC3(CCN(C(=O)OC(C)(C)C)CC3)c3nc(C)c(Cl)cc32)n1. The number of carbonyl (C=O) groups is 1. The number of fused-ring (bicyclic) bond motifs is 2. The molecule has 2 aromatic heterocycles. The molecular weight excluding hydrogens is 442 g/mol. The van der Waals surface area contributed by atoms with Gasteiger partial charge in [-0.3, -0.25) is 9.67 Å². The molecule has 1 amide bonds. The van der Waals surface area contributed by atoms with Gasteiger partial charge in [0.05, 0.1) is 27.9 Å². The van der Waals surface area contributed by atoms with Crippen molar-refractivity contribution in [3.8, 4) is 0 Å². The molecule has 2 aliphatic heterocycles. The predicted molar refractivity (Wildman–Crippen MR) is 125 cm³/mol. The number of aryl methyl sites for hydroxylation is 2. The van der Waals surface area contributed by atoms with E-state index in [-0.39, 0.29) is 12.2 Å². The van der Waals surface area contributed by atoms with Crippen molar-refractivity contribution in [2.75, 3.05) is 13.1 Å². The largest absolute Gasteiger partial charge is 0.444 e. The molecule has 1 saturated heterocycles. The van der Waals surface area contributed by atoms with Gasteiger partial charge < -0.3 is 14.4 Å². The first-order valence-corrected chi connectivity index (χ1v) is 12.0. The number of carbonyl (C=O) groups excluding carboxylic acids is 1. The van der Waals surface area contributed by atoms with E-state index in [0.717, 1.165) is 29.3 Å². The number of hydrogen-bond acceptors (Lipinski definition) is 6. The van der Waals surface area contributed by atoms with E-state index >= 15 is 0 Å². The average Bonchev–Trinajstić information content (AvgIpc) is 3.33. The Balaban J connectivity index is 1.65. The van der Waals surface area contributed by atoms with Gasteiger partial charge in [0.15, 0.2) is 5.82 Å². The summed E-state index contributed by atoms with van der Waals surface area (Å²) < 4.78 is 14.3. The Morgan fingerprint density at radius 2 is 1.94 bits per heavy atom. The van der Waals surface area contributed by atoms with Crippen LogP contribution in [0.1, 0.15) is 83.3 Å². The van der Waals surface area contributed by atoms with Gasteiger partial charge >= 0.3 is 6.09 Å². The van der Waals surface area contributed by atoms with Crippen molar-refractivity contribution >= 4 is 17.7 Å². The Kier molecular flexibility index (Phi) is 5.98. The number of aromatic nitrogens is 4. The summed E-state index contributed by atoms with van der Waals surface area (Å²) in [6.07, 6.45) is 2.43. The highest BCUT2D eigenvalue weighted by Gasteiger charge is 2.54. The minimum Gasteiger partial charge on any atom is -0.444 e. The molecule has 33 heavy (non-hydrogen) atoms. The van der Waals surface area contributed by atoms with Crippen LogP contribution in [0.3, 0.4) is 0 Å². The van der Waals surface area contributed by atoms with E-state index in [1.807, 2.05) is 45.4 Å². The number of rotatable bonds is 3. The zero-order chi connectivity index (χ0) is 24.2. The summed E-state index contributed by atoms with van der Waals surface area (Å²) in [5.74, 6) is 0.722. The lowest BCUT2D eigenvalue weighted by Gasteiger charge is -2.40. The number of hydrogen-bond donors (Lipinski definition) is 0. The van der Waals surface area contributed by atoms with Gasteiger partial charge in [-0.25, -0.2) is 9.78 Å². The van der Waals surface area contributed by atoms with Gasteiger partial charge in [-0.1, -0.05) is 11.6 Å². The molecule has 1 fully saturated rings. The first-order valence-electron chi connectivity index (χ1n) is 11.6. The molecule has 0 aliphatic carbocycles. The van der Waals surface area contributed by atoms with Crippen LogP contribution in [-0.2, 0) is 27.0 Å². The van der Waals surface area contributed by atoms with Crippen molar-refractivity contribution in [2.24, 2.45) is 0 Å². The van der Waals surface area contributed by atoms with Gasteiger partial charge in [-0.15, -0.1) is 0 Å². The number of likely N-dealkylation sites (tertiary alicyclic amines) is 1. The standard InChI is InChI=1S/C24H34ClN5O3/c1-8-30-14-26-20(28-30)23(6,7)19-16-13-17(25)15(2)27-18(16)24(32-19)9-11-29(12-10-24)21(31)33-22(3,4)5/h13-14,19H,8-12H2,1-7H3. The number of piperidine rings is 1. The zero-order valence-electron chi connectivity index (χ0n) is 20.6. The van der Waals surface area contributed by atoms with Crippen LogP contribution in [0, 0.1) is 6.92 Å². The highest BCUT2D eigenvalue weighted by Crippen LogP contribution is 2.54. The Morgan fingerprint density at radius 3 is 2.52 bits per heavy atom. The molecule has 4 heterocycles. The molecular formula is C24H34ClN5O3. The third-order valence-electron chi connectivity index (χ3n) is 6.55. The zero-order valence-corrected chi connectivity index (χ0v) is 21.4. The fourth-order valence-corrected chi connectivity index (χ4v) is 4.79. The predicted octanol–water partition coefficient (Wildman–Crippen LogP) is 4.93. The molecule has 0 N–H and O–H groups in total. The lowest BCUT2D eigenvalue weighted by Crippen LogP contribution is -2.47. The van der Waals surface area contributed by atoms with E-state index < -0.39 is 16.6 Å². The maximum absolute atomic E-state index is 12.6. The summed E-state index contributed by atoms with van der Waals surface area (Å²) in [6.45, 7) is 15.6. The topological polar surface area (TPSA) is 82.4 Å². The van der Waals surface area contributed by atoms with Crippen molar-refractivity contribution in [3.63, 3.8) is 0 Å². The van der Waals surface area contributed by atoms with Gasteiger partial charge in [-0.05, 0) is 67.4 Å². The molecule has 180 valence electrons. The molecule has 9 heteroatoms. The van der Waals surface area contributed by atoms with E-state index in [1.165, 1.54) is 0 Å². The van der Waals surface area contributed by atoms with Crippen molar-refractivity contribution in [1.29, 1.82) is 0 Å². The molecule has 8 nitrogen and oxygen atoms in total. The van der Waals surface area contributed by atoms with Crippen molar-refractivity contribution in [2.45, 2.75) is 90.6 Å². The summed E-state index contributed by atoms with van der Waals surface area (Å²) >= 11 is 6.51. The third-order valence-corrected chi connectivity index (χ3v) is 6.94. The van der Waals surface area contributed by atoms with Gasteiger partial charge in [0.25, 0.3) is 0 Å². The molecule has 1 atom stereocenters. The molecule has 0 aromatic carbocycles. The molecule has 1 unspecified atom stereocenters. The second kappa shape index (κ2) is 8.24. The van der Waals surface area contributed by atoms with E-state index in [1.54, 1.807) is 11.2 Å². The molecule has 0 bridgehead atoms. The Hall–Kier alpha value is -2.19. The quantitative estimate of drug-likeness (QED) is 0.625. The van der Waals surface area contributed by atoms with Crippen LogP contribution in [0.2, 0.25) is 5.02 Å². The van der Waals surface area contributed by atoms with E-state index in [2.05, 4.69) is 23.9 Å². The summed E-state index contributed by atoms with van der Waals surface area (Å²) in [5, 5.41) is 5.28. The molecule has 1 spiro atoms. The summed E-state index contributed by atoms with van der Waals surface area (Å²) in [5.41, 5.74) is 1.07. The van der Waals surface area contributed by atoms with Crippen molar-refractivity contribution in [3.05, 3.63) is 40.2 Å². The van der Waals surface area contributed by atoms with Crippen LogP contribution in [0.15, 0.2) is 12.4 Å². The van der Waals surface area contributed by atoms with Crippen LogP contribution in [0.5, 0.6) is 0 Å². The third kappa shape index (κ3) is 4.35. The summed E-state index contributed by atoms with van der Waals surface area (Å²) in [7, 11) is 0. The highest BCUT2D eigenvalue weighted by atomic mass is 35.5. The number of pyridine rings is 1. The molecule has 4 rings (SSSR count). The lowest BCUT2D eigenvalue weighted by molar-refractivity contribution is -0.131. The fraction of sp³-hybridized carbons (Fsp3) is 0.667. The van der Waals surface area contributed by atoms with E-state index in [9.17, 15) is 4.79 Å². The number of halogens is 1. The number of nitrogens with zero attached hydrogens (tertiary/aromatic N) is 5. The van der Waals surface area contributed by atoms with Crippen LogP contribution < -0.4 is 0 Å². The van der Waals surface area contributed by atoms with E-state index in [0.29, 0.717) is 31.0 Å². The average molecular weight is 476 g/mol. The first-order chi connectivity index (χ1) is 15.4. The molecule has 2 aliphatic rings. The maximum atomic E-state index is 12.6. The van der Waals surface area contributed by atoms with Crippen molar-refractivity contribution < 1.29 is 14.3 Å². The minimum absolute atomic E-state index is 0.290. The maximum Gasteiger partial charge on any atom is 0.410 e. The Labute approximate surface area is 200 Å². The highest BCUT2D eigenvalue weighted by molar-refractivity contribution is 6.31. The van der Waals surface area contributed by atoms with Crippen molar-refractivity contribution in [1.82, 2.24) is 24.6 Å². The Bertz CT molecular complexity index is 1050. The second-order valence-electron chi connectivity index (χ2n) is 10.6. The van der Waals surface area contributed by atoms with Crippen LogP contribution in [-0.4, -0.2) is 49.4 Å². The summed E-state index contributed by atoms with van der Waals surface area (Å²) in [4.78, 5) is 23.8. The fourth-order valence-electron chi connectivity index (χ4n) is 4.63. The second-order valence-corrected chi connectivity index (χ2v) is 11.0. The van der Waals surface area contributed by atoms with Crippen LogP contribution in [0.4, 0.5) is 4.79 Å². The number of ether oxygens (including phenoxy) is 2.